The number of Topliss-reactive ketones (excluding diaryl/α,β-unsaturated/α-hetero) is 1. The van der Waals surface area contributed by atoms with Gasteiger partial charge in [-0.1, -0.05) is 6.07 Å². The number of ketones is 1. The molecule has 0 radical (unpaired) electrons. The molecule has 0 aromatic carbocycles. The van der Waals surface area contributed by atoms with Gasteiger partial charge in [0.25, 0.3) is 0 Å². The Hall–Kier alpha value is -2.08. The summed E-state index contributed by atoms with van der Waals surface area (Å²) in [5.41, 5.74) is 0.713. The van der Waals surface area contributed by atoms with Gasteiger partial charge in [-0.05, 0) is 25.0 Å². The van der Waals surface area contributed by atoms with Crippen LogP contribution in [-0.2, 0) is 16.1 Å². The minimum absolute atomic E-state index is 0.0891. The van der Waals surface area contributed by atoms with E-state index < -0.39 is 0 Å². The molecular weight excluding hydrogens is 256 g/mol. The molecule has 6 heteroatoms. The molecule has 0 N–H and O–H groups in total. The van der Waals surface area contributed by atoms with E-state index in [1.165, 1.54) is 0 Å². The van der Waals surface area contributed by atoms with E-state index in [4.69, 9.17) is 4.74 Å². The largest absolute Gasteiger partial charge is 0.381 e. The third-order valence-corrected chi connectivity index (χ3v) is 3.42. The maximum atomic E-state index is 12.2. The Morgan fingerprint density at radius 1 is 1.30 bits per heavy atom. The van der Waals surface area contributed by atoms with Crippen LogP contribution in [0.3, 0.4) is 0 Å². The van der Waals surface area contributed by atoms with E-state index in [-0.39, 0.29) is 18.2 Å². The summed E-state index contributed by atoms with van der Waals surface area (Å²) < 4.78 is 6.85. The van der Waals surface area contributed by atoms with Gasteiger partial charge in [-0.3, -0.25) is 9.78 Å². The van der Waals surface area contributed by atoms with Crippen LogP contribution in [0.1, 0.15) is 12.8 Å². The molecule has 0 saturated carbocycles. The number of nitrogens with zero attached hydrogens (tertiary/aromatic N) is 4. The Bertz CT molecular complexity index is 576. The van der Waals surface area contributed by atoms with E-state index in [1.807, 2.05) is 18.2 Å². The summed E-state index contributed by atoms with van der Waals surface area (Å²) in [6.45, 7) is 1.62. The van der Waals surface area contributed by atoms with Gasteiger partial charge in [-0.25, -0.2) is 9.67 Å². The molecule has 0 aliphatic carbocycles. The summed E-state index contributed by atoms with van der Waals surface area (Å²) in [7, 11) is 0. The van der Waals surface area contributed by atoms with Crippen molar-refractivity contribution in [3.8, 4) is 11.5 Å². The van der Waals surface area contributed by atoms with E-state index in [0.717, 1.165) is 12.8 Å². The summed E-state index contributed by atoms with van der Waals surface area (Å²) in [5.74, 6) is 0.836. The fraction of sp³-hybridized carbons (Fsp3) is 0.429. The first-order valence-electron chi connectivity index (χ1n) is 6.74. The topological polar surface area (TPSA) is 69.9 Å². The lowest BCUT2D eigenvalue weighted by molar-refractivity contribution is -0.126. The summed E-state index contributed by atoms with van der Waals surface area (Å²) >= 11 is 0. The molecule has 0 amide bonds. The molecule has 0 atom stereocenters. The third kappa shape index (κ3) is 2.91. The monoisotopic (exact) mass is 272 g/mol. The Balaban J connectivity index is 1.66. The zero-order valence-electron chi connectivity index (χ0n) is 11.1. The quantitative estimate of drug-likeness (QED) is 0.840. The fourth-order valence-corrected chi connectivity index (χ4v) is 2.29. The molecule has 3 rings (SSSR count). The zero-order chi connectivity index (χ0) is 13.8. The normalized spacial score (nSPS) is 16.2. The third-order valence-electron chi connectivity index (χ3n) is 3.42. The lowest BCUT2D eigenvalue weighted by Crippen LogP contribution is -2.26. The van der Waals surface area contributed by atoms with E-state index in [9.17, 15) is 4.79 Å². The molecule has 1 aliphatic heterocycles. The Kier molecular flexibility index (Phi) is 3.83. The number of hydrogen-bond acceptors (Lipinski definition) is 5. The second kappa shape index (κ2) is 5.92. The number of hydrogen-bond donors (Lipinski definition) is 0. The maximum Gasteiger partial charge on any atom is 0.199 e. The number of pyridine rings is 1. The molecule has 2 aromatic rings. The SMILES string of the molecule is O=C(Cn1cnc(-c2ccccn2)n1)C1CCOCC1. The highest BCUT2D eigenvalue weighted by Gasteiger charge is 2.22. The van der Waals surface area contributed by atoms with Crippen LogP contribution in [0.4, 0.5) is 0 Å². The Morgan fingerprint density at radius 3 is 2.90 bits per heavy atom. The standard InChI is InChI=1S/C14H16N4O2/c19-13(11-4-7-20-8-5-11)9-18-10-16-14(17-18)12-3-1-2-6-15-12/h1-3,6,10-11H,4-5,7-9H2. The van der Waals surface area contributed by atoms with Crippen molar-refractivity contribution in [2.75, 3.05) is 13.2 Å². The first kappa shape index (κ1) is 12.9. The van der Waals surface area contributed by atoms with Gasteiger partial charge in [-0.2, -0.15) is 0 Å². The van der Waals surface area contributed by atoms with Gasteiger partial charge < -0.3 is 4.74 Å². The van der Waals surface area contributed by atoms with Crippen molar-refractivity contribution in [2.45, 2.75) is 19.4 Å². The minimum atomic E-state index is 0.0891. The molecular formula is C14H16N4O2. The van der Waals surface area contributed by atoms with Gasteiger partial charge in [0, 0.05) is 25.3 Å². The number of carbonyl (C=O) groups is 1. The van der Waals surface area contributed by atoms with E-state index >= 15 is 0 Å². The molecule has 2 aromatic heterocycles. The second-order valence-electron chi connectivity index (χ2n) is 4.83. The molecule has 0 bridgehead atoms. The summed E-state index contributed by atoms with van der Waals surface area (Å²) in [5, 5.41) is 4.31. The maximum absolute atomic E-state index is 12.2. The Morgan fingerprint density at radius 2 is 2.15 bits per heavy atom. The van der Waals surface area contributed by atoms with Gasteiger partial charge >= 0.3 is 0 Å². The smallest absolute Gasteiger partial charge is 0.199 e. The van der Waals surface area contributed by atoms with E-state index in [0.29, 0.717) is 24.7 Å². The van der Waals surface area contributed by atoms with E-state index in [1.54, 1.807) is 17.2 Å². The number of aromatic nitrogens is 4. The highest BCUT2D eigenvalue weighted by Crippen LogP contribution is 2.16. The predicted octanol–water partition coefficient (Wildman–Crippen LogP) is 1.34. The average molecular weight is 272 g/mol. The molecule has 1 aliphatic rings. The van der Waals surface area contributed by atoms with Crippen LogP contribution in [0.25, 0.3) is 11.5 Å². The number of ether oxygens (including phenoxy) is 1. The van der Waals surface area contributed by atoms with Crippen LogP contribution in [0, 0.1) is 5.92 Å². The van der Waals surface area contributed by atoms with Gasteiger partial charge in [0.2, 0.25) is 0 Å². The molecule has 20 heavy (non-hydrogen) atoms. The fourth-order valence-electron chi connectivity index (χ4n) is 2.29. The van der Waals surface area contributed by atoms with E-state index in [2.05, 4.69) is 15.1 Å². The first-order chi connectivity index (χ1) is 9.83. The second-order valence-corrected chi connectivity index (χ2v) is 4.83. The first-order valence-corrected chi connectivity index (χ1v) is 6.74. The summed E-state index contributed by atoms with van der Waals surface area (Å²) in [6, 6.07) is 5.57. The van der Waals surface area contributed by atoms with Crippen molar-refractivity contribution >= 4 is 5.78 Å². The molecule has 1 saturated heterocycles. The van der Waals surface area contributed by atoms with Crippen LogP contribution in [0.15, 0.2) is 30.7 Å². The van der Waals surface area contributed by atoms with Crippen molar-refractivity contribution in [3.63, 3.8) is 0 Å². The molecule has 6 nitrogen and oxygen atoms in total. The molecule has 1 fully saturated rings. The lowest BCUT2D eigenvalue weighted by atomic mass is 9.95. The van der Waals surface area contributed by atoms with Crippen molar-refractivity contribution < 1.29 is 9.53 Å². The van der Waals surface area contributed by atoms with Crippen LogP contribution in [0.2, 0.25) is 0 Å². The van der Waals surface area contributed by atoms with Crippen LogP contribution < -0.4 is 0 Å². The molecule has 104 valence electrons. The summed E-state index contributed by atoms with van der Waals surface area (Å²) in [6.07, 6.45) is 4.89. The van der Waals surface area contributed by atoms with Gasteiger partial charge in [0.1, 0.15) is 18.6 Å². The highest BCUT2D eigenvalue weighted by molar-refractivity contribution is 5.80. The number of carbonyl (C=O) groups excluding carboxylic acids is 1. The van der Waals surface area contributed by atoms with Gasteiger partial charge in [0.15, 0.2) is 11.6 Å². The zero-order valence-corrected chi connectivity index (χ0v) is 11.1. The molecule has 3 heterocycles. The van der Waals surface area contributed by atoms with Crippen molar-refractivity contribution in [3.05, 3.63) is 30.7 Å². The summed E-state index contributed by atoms with van der Waals surface area (Å²) in [4.78, 5) is 20.5. The Labute approximate surface area is 116 Å². The van der Waals surface area contributed by atoms with Crippen LogP contribution in [-0.4, -0.2) is 38.7 Å². The van der Waals surface area contributed by atoms with Gasteiger partial charge in [-0.15, -0.1) is 5.10 Å². The van der Waals surface area contributed by atoms with Crippen molar-refractivity contribution in [1.29, 1.82) is 0 Å². The molecule has 0 spiro atoms. The molecule has 0 unspecified atom stereocenters. The lowest BCUT2D eigenvalue weighted by Gasteiger charge is -2.20. The average Bonchev–Trinajstić information content (AvgIpc) is 2.97. The number of rotatable bonds is 4. The van der Waals surface area contributed by atoms with Crippen molar-refractivity contribution in [2.24, 2.45) is 5.92 Å². The van der Waals surface area contributed by atoms with Crippen LogP contribution in [0.5, 0.6) is 0 Å². The van der Waals surface area contributed by atoms with Crippen LogP contribution >= 0.6 is 0 Å². The van der Waals surface area contributed by atoms with Gasteiger partial charge in [0.05, 0.1) is 0 Å². The minimum Gasteiger partial charge on any atom is -0.381 e. The highest BCUT2D eigenvalue weighted by atomic mass is 16.5. The predicted molar refractivity (Wildman–Crippen MR) is 71.8 cm³/mol. The van der Waals surface area contributed by atoms with Crippen molar-refractivity contribution in [1.82, 2.24) is 19.7 Å².